The van der Waals surface area contributed by atoms with E-state index < -0.39 is 102 Å². The molecule has 9 amide bonds. The lowest BCUT2D eigenvalue weighted by molar-refractivity contribution is -0.141. The van der Waals surface area contributed by atoms with E-state index in [4.69, 9.17) is 33.4 Å². The highest BCUT2D eigenvalue weighted by Crippen LogP contribution is 2.20. The van der Waals surface area contributed by atoms with Gasteiger partial charge in [-0.3, -0.25) is 48.2 Å². The highest BCUT2D eigenvalue weighted by molar-refractivity contribution is 5.98. The maximum atomic E-state index is 15.0. The molecule has 82 heavy (non-hydrogen) atoms. The molecule has 0 unspecified atom stereocenters. The van der Waals surface area contributed by atoms with Crippen LogP contribution in [0, 0.1) is 0 Å². The molecule has 7 atom stereocenters. The lowest BCUT2D eigenvalue weighted by Crippen LogP contribution is -2.61. The molecule has 28 heteroatoms. The topological polar surface area (TPSA) is 457 Å². The summed E-state index contributed by atoms with van der Waals surface area (Å²) in [7, 11) is 0. The van der Waals surface area contributed by atoms with Crippen LogP contribution in [0.25, 0.3) is 10.9 Å². The van der Waals surface area contributed by atoms with Crippen molar-refractivity contribution in [2.75, 3.05) is 39.4 Å². The van der Waals surface area contributed by atoms with Gasteiger partial charge < -0.3 is 85.7 Å². The van der Waals surface area contributed by atoms with E-state index in [1.807, 2.05) is 43.3 Å². The summed E-state index contributed by atoms with van der Waals surface area (Å²) < 4.78 is 5.50. The number of benzene rings is 2. The number of carbonyl (C=O) groups excluding carboxylic acids is 8. The molecule has 2 aromatic heterocycles. The summed E-state index contributed by atoms with van der Waals surface area (Å²) in [6, 6.07) is 3.72. The van der Waals surface area contributed by atoms with Gasteiger partial charge in [0, 0.05) is 74.4 Å². The normalized spacial score (nSPS) is 15.0. The van der Waals surface area contributed by atoms with Gasteiger partial charge in [-0.15, -0.1) is 0 Å². The Kier molecular flexibility index (Phi) is 26.0. The minimum Gasteiger partial charge on any atom is -0.481 e. The largest absolute Gasteiger partial charge is 0.481 e. The average molecular weight is 1140 g/mol. The average Bonchev–Trinajstić information content (AvgIpc) is 4.19. The first-order valence-electron chi connectivity index (χ1n) is 27.4. The predicted octanol–water partition coefficient (Wildman–Crippen LogP) is -1.97. The van der Waals surface area contributed by atoms with Crippen LogP contribution < -0.4 is 65.9 Å². The Bertz CT molecular complexity index is 2780. The van der Waals surface area contributed by atoms with Gasteiger partial charge in [0.25, 0.3) is 0 Å². The molecule has 4 aromatic rings. The fourth-order valence-electron chi connectivity index (χ4n) is 9.22. The quantitative estimate of drug-likeness (QED) is 0.0135. The number of para-hydroxylation sites is 1. The van der Waals surface area contributed by atoms with E-state index in [9.17, 15) is 48.3 Å². The molecule has 0 spiro atoms. The SMILES string of the molecule is CCCC[C@H](NC(N)=O)C(=O)N[C@@H](CC(=O)O)C(=O)N[C@@H](Cc1cnc[nH]1)C(=O)N[C@H](Cc1ccc(CN2CCOCC2)cc1)C(=O)N[C@@H](CCCN=C(N)N)C(=O)N[C@@H](Cc1c[nH]c2ccccc12)C(=O)N[C@@H](CCCCN)C(N)=O. The summed E-state index contributed by atoms with van der Waals surface area (Å²) in [6.07, 6.45) is 5.40. The van der Waals surface area contributed by atoms with E-state index in [0.29, 0.717) is 68.8 Å². The van der Waals surface area contributed by atoms with Crippen molar-refractivity contribution in [3.8, 4) is 0 Å². The van der Waals surface area contributed by atoms with Crippen LogP contribution >= 0.6 is 0 Å². The van der Waals surface area contributed by atoms with E-state index in [2.05, 4.69) is 62.1 Å². The van der Waals surface area contributed by atoms with Crippen molar-refractivity contribution in [2.45, 2.75) is 133 Å². The summed E-state index contributed by atoms with van der Waals surface area (Å²) in [5.41, 5.74) is 31.2. The molecular formula is C54H79N17O11. The lowest BCUT2D eigenvalue weighted by Gasteiger charge is -2.28. The Hall–Kier alpha value is -8.63. The van der Waals surface area contributed by atoms with Crippen molar-refractivity contribution in [3.05, 3.63) is 89.6 Å². The van der Waals surface area contributed by atoms with Crippen LogP contribution in [0.3, 0.4) is 0 Å². The first-order chi connectivity index (χ1) is 39.3. The minimum absolute atomic E-state index is 0.0284. The minimum atomic E-state index is -1.77. The number of nitrogens with one attached hydrogen (secondary N) is 9. The van der Waals surface area contributed by atoms with Crippen LogP contribution in [0.15, 0.2) is 72.2 Å². The number of fused-ring (bicyclic) bond motifs is 1. The summed E-state index contributed by atoms with van der Waals surface area (Å²) in [5, 5.41) is 28.8. The highest BCUT2D eigenvalue weighted by atomic mass is 16.5. The van der Waals surface area contributed by atoms with E-state index in [1.54, 1.807) is 18.3 Å². The third kappa shape index (κ3) is 21.4. The van der Waals surface area contributed by atoms with Crippen molar-refractivity contribution in [1.82, 2.24) is 57.1 Å². The fraction of sp³-hybridized carbons (Fsp3) is 0.500. The number of rotatable bonds is 35. The number of primary amides is 2. The number of carbonyl (C=O) groups is 9. The Balaban J connectivity index is 1.49. The second-order valence-corrected chi connectivity index (χ2v) is 20.1. The number of amides is 9. The van der Waals surface area contributed by atoms with Crippen molar-refractivity contribution in [1.29, 1.82) is 0 Å². The number of nitrogens with zero attached hydrogens (tertiary/aromatic N) is 3. The third-order valence-corrected chi connectivity index (χ3v) is 13.6. The first kappa shape index (κ1) is 64.2. The van der Waals surface area contributed by atoms with Crippen LogP contribution in [0.5, 0.6) is 0 Å². The van der Waals surface area contributed by atoms with Gasteiger partial charge in [-0.25, -0.2) is 9.78 Å². The second-order valence-electron chi connectivity index (χ2n) is 20.1. The number of hydrogen-bond acceptors (Lipinski definition) is 14. The van der Waals surface area contributed by atoms with Gasteiger partial charge in [-0.2, -0.15) is 0 Å². The van der Waals surface area contributed by atoms with E-state index in [0.717, 1.165) is 29.6 Å². The number of aliphatic imine (C=N–C) groups is 1. The number of nitrogens with two attached hydrogens (primary N) is 5. The van der Waals surface area contributed by atoms with Gasteiger partial charge in [0.05, 0.1) is 26.0 Å². The van der Waals surface area contributed by atoms with E-state index >= 15 is 0 Å². The molecule has 28 nitrogen and oxygen atoms in total. The molecule has 5 rings (SSSR count). The number of carboxylic acids is 1. The van der Waals surface area contributed by atoms with Gasteiger partial charge in [-0.05, 0) is 67.8 Å². The number of ether oxygens (including phenoxy) is 1. The molecule has 1 fully saturated rings. The van der Waals surface area contributed by atoms with Gasteiger partial charge in [0.2, 0.25) is 41.4 Å². The molecule has 2 aromatic carbocycles. The third-order valence-electron chi connectivity index (χ3n) is 13.6. The number of guanidine groups is 1. The molecule has 3 heterocycles. The van der Waals surface area contributed by atoms with Crippen LogP contribution in [0.4, 0.5) is 4.79 Å². The second kappa shape index (κ2) is 33.2. The molecule has 1 saturated heterocycles. The standard InChI is InChI=1S/C54H79N17O11/c1-2-3-10-40(70-54(59)81)48(76)69-44(27-45(72)73)52(80)68-43(26-35-29-60-31-63-35)51(79)66-41(24-32-14-16-33(17-15-32)30-71-20-22-82-23-21-71)49(77)65-39(13-8-19-61-53(57)58)47(75)67-42(25-34-28-62-37-11-5-4-9-36(34)37)50(78)64-38(46(56)74)12-6-7-18-55/h4-5,9,11,14-17,28-29,31,38-44,62H,2-3,6-8,10,12-13,18-27,30,55H2,1H3,(H2,56,74)(H,60,63)(H,64,78)(H,65,77)(H,66,79)(H,67,75)(H,68,80)(H,69,76)(H,72,73)(H4,57,58,61)(H3,59,70,81)/t38-,39-,40-,41+,42-,43-,44-/m0/s1. The highest BCUT2D eigenvalue weighted by Gasteiger charge is 2.35. The van der Waals surface area contributed by atoms with Gasteiger partial charge in [0.15, 0.2) is 5.96 Å². The number of unbranched alkanes of at least 4 members (excludes halogenated alkanes) is 2. The maximum Gasteiger partial charge on any atom is 0.312 e. The van der Waals surface area contributed by atoms with Crippen LogP contribution in [0.2, 0.25) is 0 Å². The number of aromatic nitrogens is 3. The number of morpholine rings is 1. The van der Waals surface area contributed by atoms with Crippen molar-refractivity contribution in [2.24, 2.45) is 33.7 Å². The number of carboxylic acid groups (broad SMARTS) is 1. The molecule has 20 N–H and O–H groups in total. The first-order valence-corrected chi connectivity index (χ1v) is 27.4. The molecular weight excluding hydrogens is 1060 g/mol. The Morgan fingerprint density at radius 3 is 1.79 bits per heavy atom. The van der Waals surface area contributed by atoms with Crippen LogP contribution in [-0.2, 0) is 68.9 Å². The van der Waals surface area contributed by atoms with Crippen molar-refractivity contribution >= 4 is 70.2 Å². The molecule has 1 aliphatic rings. The Morgan fingerprint density at radius 2 is 1.20 bits per heavy atom. The molecule has 0 bridgehead atoms. The van der Waals surface area contributed by atoms with Gasteiger partial charge >= 0.3 is 12.0 Å². The van der Waals surface area contributed by atoms with E-state index in [1.165, 1.54) is 12.5 Å². The Labute approximate surface area is 474 Å². The number of urea groups is 1. The van der Waals surface area contributed by atoms with Gasteiger partial charge in [-0.1, -0.05) is 62.2 Å². The van der Waals surface area contributed by atoms with Gasteiger partial charge in [0.1, 0.15) is 42.3 Å². The molecule has 446 valence electrons. The smallest absolute Gasteiger partial charge is 0.312 e. The molecule has 0 radical (unpaired) electrons. The summed E-state index contributed by atoms with van der Waals surface area (Å²) >= 11 is 0. The predicted molar refractivity (Wildman–Crippen MR) is 302 cm³/mol. The number of aliphatic carboxylic acids is 1. The Morgan fingerprint density at radius 1 is 0.646 bits per heavy atom. The summed E-state index contributed by atoms with van der Waals surface area (Å²) in [4.78, 5) is 139. The molecule has 0 aliphatic carbocycles. The maximum absolute atomic E-state index is 15.0. The zero-order valence-electron chi connectivity index (χ0n) is 46.1. The number of imidazole rings is 1. The lowest BCUT2D eigenvalue weighted by atomic mass is 10.0. The molecule has 0 saturated carbocycles. The van der Waals surface area contributed by atoms with Crippen molar-refractivity contribution < 1.29 is 53.0 Å². The summed E-state index contributed by atoms with van der Waals surface area (Å²) in [5.74, 6) is -7.87. The van der Waals surface area contributed by atoms with E-state index in [-0.39, 0.29) is 57.5 Å². The van der Waals surface area contributed by atoms with Crippen LogP contribution in [-0.4, -0.2) is 166 Å². The zero-order valence-corrected chi connectivity index (χ0v) is 46.1. The fourth-order valence-corrected chi connectivity index (χ4v) is 9.22. The number of H-pyrrole nitrogens is 2. The zero-order chi connectivity index (χ0) is 59.6. The van der Waals surface area contributed by atoms with Crippen LogP contribution in [0.1, 0.15) is 87.1 Å². The van der Waals surface area contributed by atoms with Crippen molar-refractivity contribution in [3.63, 3.8) is 0 Å². The number of hydrogen-bond donors (Lipinski definition) is 15. The number of aromatic amines is 2. The molecule has 1 aliphatic heterocycles. The summed E-state index contributed by atoms with van der Waals surface area (Å²) in [6.45, 7) is 5.50. The monoisotopic (exact) mass is 1140 g/mol.